The van der Waals surface area contributed by atoms with Gasteiger partial charge in [-0.2, -0.15) is 0 Å². The number of hydrogen-bond donors (Lipinski definition) is 0. The van der Waals surface area contributed by atoms with E-state index in [2.05, 4.69) is 0 Å². The zero-order chi connectivity index (χ0) is 12.7. The molecule has 0 unspecified atom stereocenters. The van der Waals surface area contributed by atoms with E-state index in [1.807, 2.05) is 20.8 Å². The fourth-order valence-electron chi connectivity index (χ4n) is 1.30. The summed E-state index contributed by atoms with van der Waals surface area (Å²) in [5.41, 5.74) is 0. The van der Waals surface area contributed by atoms with E-state index >= 15 is 0 Å². The van der Waals surface area contributed by atoms with Crippen LogP contribution in [-0.4, -0.2) is 34.6 Å². The van der Waals surface area contributed by atoms with Crippen molar-refractivity contribution in [1.82, 2.24) is 0 Å². The van der Waals surface area contributed by atoms with Crippen LogP contribution in [0.2, 0.25) is 12.1 Å². The molecule has 0 radical (unpaired) electrons. The predicted octanol–water partition coefficient (Wildman–Crippen LogP) is 3.69. The van der Waals surface area contributed by atoms with E-state index < -0.39 is 14.8 Å². The smallest absolute Gasteiger partial charge is 0.374 e. The van der Waals surface area contributed by atoms with Crippen LogP contribution in [0.15, 0.2) is 0 Å². The highest BCUT2D eigenvalue weighted by molar-refractivity contribution is 7.64. The van der Waals surface area contributed by atoms with Crippen LogP contribution in [0.3, 0.4) is 0 Å². The third-order valence-electron chi connectivity index (χ3n) is 1.81. The van der Waals surface area contributed by atoms with Crippen molar-refractivity contribution in [3.63, 3.8) is 0 Å². The van der Waals surface area contributed by atoms with Crippen molar-refractivity contribution in [2.24, 2.45) is 0 Å². The summed E-state index contributed by atoms with van der Waals surface area (Å²) in [4.78, 5) is 0. The summed E-state index contributed by atoms with van der Waals surface area (Å²) in [6, 6.07) is -1.56. The highest BCUT2D eigenvalue weighted by Crippen LogP contribution is 2.31. The van der Waals surface area contributed by atoms with Gasteiger partial charge in [0.05, 0.1) is 0 Å². The van der Waals surface area contributed by atoms with Crippen LogP contribution in [0.4, 0.5) is 0 Å². The van der Waals surface area contributed by atoms with Crippen LogP contribution in [0.1, 0.15) is 20.8 Å². The van der Waals surface area contributed by atoms with Crippen LogP contribution in [0.25, 0.3) is 0 Å². The van der Waals surface area contributed by atoms with E-state index in [0.29, 0.717) is 31.9 Å². The monoisotopic (exact) mass is 324 g/mol. The Labute approximate surface area is 114 Å². The largest absolute Gasteiger partial charge is 0.500 e. The van der Waals surface area contributed by atoms with Gasteiger partial charge in [0.2, 0.25) is 0 Å². The van der Waals surface area contributed by atoms with Gasteiger partial charge in [-0.25, -0.2) is 0 Å². The van der Waals surface area contributed by atoms with E-state index in [1.165, 1.54) is 0 Å². The average molecular weight is 326 g/mol. The fraction of sp³-hybridized carbons (Fsp3) is 1.00. The minimum absolute atomic E-state index is 0.504. The SMILES string of the molecule is CCO[Si](CC[Si](Cl)(Cl)Cl)(OCC)OCC. The second-order valence-electron chi connectivity index (χ2n) is 3.10. The van der Waals surface area contributed by atoms with Crippen LogP contribution in [0.5, 0.6) is 0 Å². The van der Waals surface area contributed by atoms with E-state index in [9.17, 15) is 0 Å². The molecule has 0 atom stereocenters. The Morgan fingerprint density at radius 2 is 1.12 bits per heavy atom. The first-order chi connectivity index (χ1) is 7.39. The van der Waals surface area contributed by atoms with Crippen molar-refractivity contribution in [3.05, 3.63) is 0 Å². The predicted molar refractivity (Wildman–Crippen MR) is 73.6 cm³/mol. The van der Waals surface area contributed by atoms with Crippen molar-refractivity contribution in [2.75, 3.05) is 19.8 Å². The van der Waals surface area contributed by atoms with Gasteiger partial charge in [0.15, 0.2) is 0 Å². The summed E-state index contributed by atoms with van der Waals surface area (Å²) in [7, 11) is -2.62. The van der Waals surface area contributed by atoms with E-state index in [-0.39, 0.29) is 0 Å². The summed E-state index contributed by atoms with van der Waals surface area (Å²) < 4.78 is 16.9. The Morgan fingerprint density at radius 1 is 0.750 bits per heavy atom. The Bertz CT molecular complexity index is 173. The molecule has 0 heterocycles. The highest BCUT2D eigenvalue weighted by Gasteiger charge is 2.43. The van der Waals surface area contributed by atoms with Gasteiger partial charge in [0.25, 0.3) is 0 Å². The van der Waals surface area contributed by atoms with Crippen LogP contribution >= 0.6 is 33.2 Å². The molecule has 98 valence electrons. The van der Waals surface area contributed by atoms with Crippen molar-refractivity contribution >= 4 is 48.0 Å². The topological polar surface area (TPSA) is 27.7 Å². The molecule has 0 aromatic carbocycles. The minimum atomic E-state index is -2.64. The Hall–Kier alpha value is 1.18. The molecule has 0 amide bonds. The average Bonchev–Trinajstić information content (AvgIpc) is 2.15. The first-order valence-electron chi connectivity index (χ1n) is 5.37. The Morgan fingerprint density at radius 3 is 1.38 bits per heavy atom. The third-order valence-corrected chi connectivity index (χ3v) is 7.87. The van der Waals surface area contributed by atoms with Gasteiger partial charge in [-0.05, 0) is 26.8 Å². The summed E-state index contributed by atoms with van der Waals surface area (Å²) in [6.45, 7) is 7.38. The molecule has 0 N–H and O–H groups in total. The first kappa shape index (κ1) is 17.2. The van der Waals surface area contributed by atoms with Gasteiger partial charge >= 0.3 is 14.8 Å². The van der Waals surface area contributed by atoms with Gasteiger partial charge in [-0.1, -0.05) is 0 Å². The number of rotatable bonds is 9. The molecule has 0 bridgehead atoms. The minimum Gasteiger partial charge on any atom is -0.374 e. The van der Waals surface area contributed by atoms with Crippen LogP contribution in [-0.2, 0) is 13.3 Å². The summed E-state index contributed by atoms with van der Waals surface area (Å²) >= 11 is 17.6. The summed E-state index contributed by atoms with van der Waals surface area (Å²) in [5, 5.41) is 0. The molecule has 3 nitrogen and oxygen atoms in total. The van der Waals surface area contributed by atoms with Crippen LogP contribution in [0, 0.1) is 0 Å². The zero-order valence-electron chi connectivity index (χ0n) is 9.89. The van der Waals surface area contributed by atoms with Crippen molar-refractivity contribution in [1.29, 1.82) is 0 Å². The maximum absolute atomic E-state index is 5.87. The zero-order valence-corrected chi connectivity index (χ0v) is 14.2. The highest BCUT2D eigenvalue weighted by atomic mass is 35.8. The normalized spacial score (nSPS) is 13.1. The molecule has 0 aromatic rings. The number of halogens is 3. The Kier molecular flexibility index (Phi) is 8.93. The molecule has 0 spiro atoms. The van der Waals surface area contributed by atoms with E-state index in [4.69, 9.17) is 46.5 Å². The third kappa shape index (κ3) is 7.50. The second-order valence-corrected chi connectivity index (χ2v) is 15.1. The molecule has 0 saturated carbocycles. The molecule has 0 aliphatic rings. The molecule has 16 heavy (non-hydrogen) atoms. The molecule has 0 saturated heterocycles. The quantitative estimate of drug-likeness (QED) is 0.478. The van der Waals surface area contributed by atoms with Gasteiger partial charge < -0.3 is 13.3 Å². The van der Waals surface area contributed by atoms with Gasteiger partial charge in [-0.15, -0.1) is 33.2 Å². The molecular weight excluding hydrogens is 307 g/mol. The lowest BCUT2D eigenvalue weighted by Gasteiger charge is -2.29. The summed E-state index contributed by atoms with van der Waals surface area (Å²) in [6.07, 6.45) is 0. The van der Waals surface area contributed by atoms with Gasteiger partial charge in [0.1, 0.15) is 0 Å². The van der Waals surface area contributed by atoms with Crippen molar-refractivity contribution in [3.8, 4) is 0 Å². The molecule has 0 aromatic heterocycles. The maximum atomic E-state index is 5.87. The second kappa shape index (κ2) is 8.31. The van der Waals surface area contributed by atoms with Gasteiger partial charge in [-0.3, -0.25) is 0 Å². The van der Waals surface area contributed by atoms with E-state index in [1.54, 1.807) is 0 Å². The number of hydrogen-bond acceptors (Lipinski definition) is 3. The molecule has 0 rings (SSSR count). The molecular formula is C8H19Cl3O3Si2. The maximum Gasteiger partial charge on any atom is 0.500 e. The van der Waals surface area contributed by atoms with Crippen molar-refractivity contribution in [2.45, 2.75) is 32.9 Å². The van der Waals surface area contributed by atoms with Crippen LogP contribution < -0.4 is 0 Å². The van der Waals surface area contributed by atoms with E-state index in [0.717, 1.165) is 0 Å². The summed E-state index contributed by atoms with van der Waals surface area (Å²) in [5.74, 6) is 0. The molecule has 0 aliphatic carbocycles. The molecule has 8 heteroatoms. The molecule has 0 aliphatic heterocycles. The lowest BCUT2D eigenvalue weighted by Crippen LogP contribution is -2.46. The standard InChI is InChI=1S/C8H19Cl3O3Si2/c1-4-12-16(13-5-2,14-6-3)8-7-15(9,10)11/h4-8H2,1-3H3. The first-order valence-corrected chi connectivity index (χ1v) is 12.5. The lowest BCUT2D eigenvalue weighted by molar-refractivity contribution is 0.0725. The van der Waals surface area contributed by atoms with Crippen molar-refractivity contribution < 1.29 is 13.3 Å². The van der Waals surface area contributed by atoms with Gasteiger partial charge in [0, 0.05) is 25.9 Å². The Balaban J connectivity index is 4.46. The lowest BCUT2D eigenvalue weighted by atomic mass is 10.9. The molecule has 0 fully saturated rings. The fourth-order valence-corrected chi connectivity index (χ4v) is 8.21.